The highest BCUT2D eigenvalue weighted by atomic mass is 16.6. The second kappa shape index (κ2) is 5.12. The molecule has 1 aliphatic heterocycles. The van der Waals surface area contributed by atoms with Crippen molar-refractivity contribution in [1.82, 2.24) is 0 Å². The number of rotatable bonds is 3. The highest BCUT2D eigenvalue weighted by Crippen LogP contribution is 2.42. The second-order valence-corrected chi connectivity index (χ2v) is 5.55. The Morgan fingerprint density at radius 2 is 1.65 bits per heavy atom. The van der Waals surface area contributed by atoms with Crippen molar-refractivity contribution >= 4 is 5.97 Å². The van der Waals surface area contributed by atoms with Gasteiger partial charge in [-0.1, -0.05) is 67.6 Å². The van der Waals surface area contributed by atoms with Crippen LogP contribution < -0.4 is 0 Å². The first-order valence-corrected chi connectivity index (χ1v) is 7.02. The van der Waals surface area contributed by atoms with E-state index >= 15 is 0 Å². The van der Waals surface area contributed by atoms with Crippen LogP contribution >= 0.6 is 0 Å². The molecule has 0 radical (unpaired) electrons. The molecule has 3 rings (SSSR count). The molecule has 0 amide bonds. The molecule has 1 aliphatic rings. The average Bonchev–Trinajstić information content (AvgIpc) is 2.77. The zero-order valence-corrected chi connectivity index (χ0v) is 11.6. The fourth-order valence-corrected chi connectivity index (χ4v) is 2.97. The minimum Gasteiger partial charge on any atom is -0.454 e. The van der Waals surface area contributed by atoms with Crippen LogP contribution in [-0.2, 0) is 21.6 Å². The van der Waals surface area contributed by atoms with E-state index in [1.165, 1.54) is 5.56 Å². The maximum absolute atomic E-state index is 11.9. The summed E-state index contributed by atoms with van der Waals surface area (Å²) >= 11 is 0. The van der Waals surface area contributed by atoms with Crippen LogP contribution in [0.1, 0.15) is 24.5 Å². The number of carbonyl (C=O) groups excluding carboxylic acids is 1. The van der Waals surface area contributed by atoms with E-state index in [4.69, 9.17) is 4.74 Å². The molecule has 20 heavy (non-hydrogen) atoms. The van der Waals surface area contributed by atoms with Crippen molar-refractivity contribution in [2.24, 2.45) is 5.92 Å². The van der Waals surface area contributed by atoms with Gasteiger partial charge in [0.25, 0.3) is 0 Å². The lowest BCUT2D eigenvalue weighted by atomic mass is 9.83. The van der Waals surface area contributed by atoms with Gasteiger partial charge in [0, 0.05) is 12.8 Å². The Labute approximate surface area is 119 Å². The molecular formula is C18H18O2. The van der Waals surface area contributed by atoms with Crippen molar-refractivity contribution < 1.29 is 9.53 Å². The van der Waals surface area contributed by atoms with Crippen LogP contribution in [0.5, 0.6) is 0 Å². The molecule has 2 nitrogen and oxygen atoms in total. The summed E-state index contributed by atoms with van der Waals surface area (Å²) in [5, 5.41) is 0. The van der Waals surface area contributed by atoms with Crippen molar-refractivity contribution in [2.75, 3.05) is 0 Å². The predicted molar refractivity (Wildman–Crippen MR) is 78.1 cm³/mol. The molecule has 102 valence electrons. The average molecular weight is 266 g/mol. The van der Waals surface area contributed by atoms with Gasteiger partial charge in [0.05, 0.1) is 5.92 Å². The lowest BCUT2D eigenvalue weighted by molar-refractivity contribution is -0.151. The van der Waals surface area contributed by atoms with Crippen LogP contribution in [0, 0.1) is 5.92 Å². The lowest BCUT2D eigenvalue weighted by Gasteiger charge is -2.28. The molecule has 0 saturated carbocycles. The topological polar surface area (TPSA) is 26.3 Å². The summed E-state index contributed by atoms with van der Waals surface area (Å²) in [6.07, 6.45) is 1.47. The molecule has 0 unspecified atom stereocenters. The summed E-state index contributed by atoms with van der Waals surface area (Å²) in [6.45, 7) is 1.94. The van der Waals surface area contributed by atoms with Gasteiger partial charge in [-0.2, -0.15) is 0 Å². The summed E-state index contributed by atoms with van der Waals surface area (Å²) in [5.74, 6) is -0.135. The first kappa shape index (κ1) is 12.9. The van der Waals surface area contributed by atoms with E-state index in [0.717, 1.165) is 18.4 Å². The third kappa shape index (κ3) is 2.34. The molecule has 2 atom stereocenters. The van der Waals surface area contributed by atoms with Gasteiger partial charge in [0.1, 0.15) is 5.60 Å². The van der Waals surface area contributed by atoms with E-state index in [1.54, 1.807) is 0 Å². The third-order valence-electron chi connectivity index (χ3n) is 3.97. The number of esters is 1. The number of hydrogen-bond donors (Lipinski definition) is 0. The van der Waals surface area contributed by atoms with Gasteiger partial charge in [-0.3, -0.25) is 4.79 Å². The van der Waals surface area contributed by atoms with Gasteiger partial charge in [0.15, 0.2) is 0 Å². The molecule has 0 aromatic heterocycles. The summed E-state index contributed by atoms with van der Waals surface area (Å²) in [5.41, 5.74) is 1.76. The Bertz CT molecular complexity index is 591. The number of cyclic esters (lactones) is 1. The van der Waals surface area contributed by atoms with Crippen LogP contribution in [0.25, 0.3) is 0 Å². The highest BCUT2D eigenvalue weighted by Gasteiger charge is 2.46. The molecule has 0 bridgehead atoms. The summed E-state index contributed by atoms with van der Waals surface area (Å²) in [7, 11) is 0. The minimum absolute atomic E-state index is 0.0427. The maximum atomic E-state index is 11.9. The Kier molecular flexibility index (Phi) is 3.31. The standard InChI is InChI=1S/C18H18O2/c1-14-12-18(20-17(14)19,16-10-6-3-7-11-16)13-15-8-4-2-5-9-15/h2-11,14H,12-13H2,1H3/t14-,18+/m0/s1. The van der Waals surface area contributed by atoms with E-state index in [0.29, 0.717) is 0 Å². The van der Waals surface area contributed by atoms with E-state index < -0.39 is 5.60 Å². The summed E-state index contributed by atoms with van der Waals surface area (Å²) in [6, 6.07) is 20.3. The molecule has 0 N–H and O–H groups in total. The number of benzene rings is 2. The van der Waals surface area contributed by atoms with Crippen molar-refractivity contribution in [3.63, 3.8) is 0 Å². The smallest absolute Gasteiger partial charge is 0.309 e. The van der Waals surface area contributed by atoms with Crippen LogP contribution in [0.4, 0.5) is 0 Å². The van der Waals surface area contributed by atoms with Crippen molar-refractivity contribution in [3.8, 4) is 0 Å². The zero-order valence-electron chi connectivity index (χ0n) is 11.6. The van der Waals surface area contributed by atoms with Crippen LogP contribution in [0.2, 0.25) is 0 Å². The first-order chi connectivity index (χ1) is 9.70. The summed E-state index contributed by atoms with van der Waals surface area (Å²) in [4.78, 5) is 11.9. The fraction of sp³-hybridized carbons (Fsp3) is 0.278. The van der Waals surface area contributed by atoms with Crippen molar-refractivity contribution in [2.45, 2.75) is 25.4 Å². The van der Waals surface area contributed by atoms with Gasteiger partial charge < -0.3 is 4.74 Å². The van der Waals surface area contributed by atoms with Crippen molar-refractivity contribution in [3.05, 3.63) is 71.8 Å². The monoisotopic (exact) mass is 266 g/mol. The quantitative estimate of drug-likeness (QED) is 0.792. The third-order valence-corrected chi connectivity index (χ3v) is 3.97. The maximum Gasteiger partial charge on any atom is 0.309 e. The molecule has 2 aromatic carbocycles. The van der Waals surface area contributed by atoms with Crippen LogP contribution in [0.3, 0.4) is 0 Å². The molecule has 1 fully saturated rings. The van der Waals surface area contributed by atoms with Crippen LogP contribution in [0.15, 0.2) is 60.7 Å². The van der Waals surface area contributed by atoms with Gasteiger partial charge >= 0.3 is 5.97 Å². The Hall–Kier alpha value is -2.09. The van der Waals surface area contributed by atoms with E-state index in [9.17, 15) is 4.79 Å². The predicted octanol–water partition coefficient (Wildman–Crippen LogP) is 3.71. The molecular weight excluding hydrogens is 248 g/mol. The van der Waals surface area contributed by atoms with E-state index in [2.05, 4.69) is 12.1 Å². The zero-order chi connectivity index (χ0) is 14.0. The molecule has 1 saturated heterocycles. The SMILES string of the molecule is C[C@H]1C[C@@](Cc2ccccc2)(c2ccccc2)OC1=O. The normalized spacial score (nSPS) is 25.4. The molecule has 0 aliphatic carbocycles. The van der Waals surface area contributed by atoms with Gasteiger partial charge in [-0.25, -0.2) is 0 Å². The van der Waals surface area contributed by atoms with Gasteiger partial charge in [-0.05, 0) is 11.1 Å². The Balaban J connectivity index is 1.99. The molecule has 2 aromatic rings. The Morgan fingerprint density at radius 3 is 2.20 bits per heavy atom. The number of ether oxygens (including phenoxy) is 1. The van der Waals surface area contributed by atoms with E-state index in [-0.39, 0.29) is 11.9 Å². The largest absolute Gasteiger partial charge is 0.454 e. The molecule has 2 heteroatoms. The summed E-state index contributed by atoms with van der Waals surface area (Å²) < 4.78 is 5.81. The lowest BCUT2D eigenvalue weighted by Crippen LogP contribution is -2.28. The number of carbonyl (C=O) groups is 1. The molecule has 1 heterocycles. The van der Waals surface area contributed by atoms with E-state index in [1.807, 2.05) is 55.5 Å². The second-order valence-electron chi connectivity index (χ2n) is 5.55. The fourth-order valence-electron chi connectivity index (χ4n) is 2.97. The minimum atomic E-state index is -0.515. The van der Waals surface area contributed by atoms with Gasteiger partial charge in [-0.15, -0.1) is 0 Å². The highest BCUT2D eigenvalue weighted by molar-refractivity contribution is 5.75. The molecule has 0 spiro atoms. The van der Waals surface area contributed by atoms with Crippen molar-refractivity contribution in [1.29, 1.82) is 0 Å². The van der Waals surface area contributed by atoms with Crippen LogP contribution in [-0.4, -0.2) is 5.97 Å². The van der Waals surface area contributed by atoms with Gasteiger partial charge in [0.2, 0.25) is 0 Å². The Morgan fingerprint density at radius 1 is 1.05 bits per heavy atom. The number of hydrogen-bond acceptors (Lipinski definition) is 2. The first-order valence-electron chi connectivity index (χ1n) is 7.02.